The summed E-state index contributed by atoms with van der Waals surface area (Å²) in [6.07, 6.45) is 5.54. The van der Waals surface area contributed by atoms with Crippen LogP contribution in [0.3, 0.4) is 0 Å². The molecule has 0 fully saturated rings. The van der Waals surface area contributed by atoms with Crippen LogP contribution in [0.1, 0.15) is 17.0 Å². The van der Waals surface area contributed by atoms with Crippen LogP contribution in [0.25, 0.3) is 23.2 Å². The lowest BCUT2D eigenvalue weighted by molar-refractivity contribution is 0.415. The Labute approximate surface area is 167 Å². The molecule has 7 heteroatoms. The molecule has 0 amide bonds. The molecule has 0 aliphatic heterocycles. The smallest absolute Gasteiger partial charge is 0.291 e. The molecule has 4 rings (SSSR count). The lowest BCUT2D eigenvalue weighted by Gasteiger charge is -1.98. The van der Waals surface area contributed by atoms with Gasteiger partial charge in [0.05, 0.1) is 11.6 Å². The topological polar surface area (TPSA) is 56.5 Å². The van der Waals surface area contributed by atoms with E-state index in [1.54, 1.807) is 13.2 Å². The van der Waals surface area contributed by atoms with Crippen molar-refractivity contribution in [2.45, 2.75) is 0 Å². The first-order valence-electron chi connectivity index (χ1n) is 8.12. The van der Waals surface area contributed by atoms with Crippen LogP contribution in [0.2, 0.25) is 0 Å². The van der Waals surface area contributed by atoms with Crippen LogP contribution in [-0.2, 0) is 0 Å². The van der Waals surface area contributed by atoms with Crippen molar-refractivity contribution in [3.8, 4) is 5.75 Å². The average molecular weight is 440 g/mol. The van der Waals surface area contributed by atoms with Crippen molar-refractivity contribution < 1.29 is 4.74 Å². The Kier molecular flexibility index (Phi) is 4.87. The number of aromatic nitrogens is 3. The maximum absolute atomic E-state index is 12.6. The van der Waals surface area contributed by atoms with E-state index in [-0.39, 0.29) is 5.56 Å². The third kappa shape index (κ3) is 3.70. The highest BCUT2D eigenvalue weighted by atomic mass is 79.9. The summed E-state index contributed by atoms with van der Waals surface area (Å²) in [5.74, 6) is 1.30. The third-order valence-corrected chi connectivity index (χ3v) is 5.61. The first kappa shape index (κ1) is 17.6. The summed E-state index contributed by atoms with van der Waals surface area (Å²) in [6.45, 7) is 0. The zero-order valence-electron chi connectivity index (χ0n) is 14.3. The van der Waals surface area contributed by atoms with E-state index < -0.39 is 0 Å². The van der Waals surface area contributed by atoms with Gasteiger partial charge in [0.25, 0.3) is 5.56 Å². The standard InChI is InChI=1S/C20H14BrN3O2S/c1-26-15-9-6-13(7-10-15)8-11-18-22-20-24(23-18)19(25)17(27-20)12-14-4-2-3-5-16(14)21/h2-12H,1H3/b11-8+,17-12-. The summed E-state index contributed by atoms with van der Waals surface area (Å²) in [4.78, 5) is 17.6. The molecule has 0 N–H and O–H groups in total. The van der Waals surface area contributed by atoms with Gasteiger partial charge in [0, 0.05) is 4.47 Å². The number of benzene rings is 2. The summed E-state index contributed by atoms with van der Waals surface area (Å²) >= 11 is 4.82. The van der Waals surface area contributed by atoms with Crippen molar-refractivity contribution in [2.24, 2.45) is 0 Å². The molecule has 0 atom stereocenters. The highest BCUT2D eigenvalue weighted by Crippen LogP contribution is 2.17. The first-order chi connectivity index (χ1) is 13.1. The number of ether oxygens (including phenoxy) is 1. The molecule has 2 heterocycles. The van der Waals surface area contributed by atoms with Crippen LogP contribution in [-0.4, -0.2) is 21.7 Å². The Hall–Kier alpha value is -2.77. The SMILES string of the molecule is COc1ccc(/C=C/c2nc3s/c(=C\c4ccccc4Br)c(=O)n3n2)cc1. The van der Waals surface area contributed by atoms with E-state index >= 15 is 0 Å². The number of rotatable bonds is 4. The molecule has 4 aromatic rings. The lowest BCUT2D eigenvalue weighted by Crippen LogP contribution is -2.23. The van der Waals surface area contributed by atoms with Crippen molar-refractivity contribution >= 4 is 50.5 Å². The van der Waals surface area contributed by atoms with Gasteiger partial charge in [0.15, 0.2) is 5.82 Å². The van der Waals surface area contributed by atoms with Gasteiger partial charge >= 0.3 is 0 Å². The van der Waals surface area contributed by atoms with Crippen LogP contribution in [0, 0.1) is 0 Å². The quantitative estimate of drug-likeness (QED) is 0.486. The van der Waals surface area contributed by atoms with E-state index in [4.69, 9.17) is 4.74 Å². The Morgan fingerprint density at radius 2 is 1.89 bits per heavy atom. The van der Waals surface area contributed by atoms with Gasteiger partial charge in [-0.2, -0.15) is 9.50 Å². The molecule has 2 aromatic carbocycles. The van der Waals surface area contributed by atoms with Crippen LogP contribution in [0.4, 0.5) is 0 Å². The van der Waals surface area contributed by atoms with Crippen molar-refractivity contribution in [1.82, 2.24) is 14.6 Å². The van der Waals surface area contributed by atoms with Gasteiger partial charge in [-0.05, 0) is 41.5 Å². The zero-order valence-corrected chi connectivity index (χ0v) is 16.7. The molecule has 0 unspecified atom stereocenters. The molecule has 0 saturated carbocycles. The van der Waals surface area contributed by atoms with Crippen LogP contribution >= 0.6 is 27.3 Å². The van der Waals surface area contributed by atoms with Crippen molar-refractivity contribution in [1.29, 1.82) is 0 Å². The summed E-state index contributed by atoms with van der Waals surface area (Å²) in [5, 5.41) is 4.31. The van der Waals surface area contributed by atoms with Gasteiger partial charge in [-0.1, -0.05) is 63.7 Å². The minimum absolute atomic E-state index is 0.164. The molecule has 0 aliphatic carbocycles. The zero-order chi connectivity index (χ0) is 18.8. The number of halogens is 1. The summed E-state index contributed by atoms with van der Waals surface area (Å²) in [7, 11) is 1.63. The van der Waals surface area contributed by atoms with Gasteiger partial charge < -0.3 is 4.74 Å². The number of nitrogens with zero attached hydrogens (tertiary/aromatic N) is 3. The molecule has 0 radical (unpaired) electrons. The highest BCUT2D eigenvalue weighted by molar-refractivity contribution is 9.10. The number of methoxy groups -OCH3 is 1. The molecular weight excluding hydrogens is 426 g/mol. The monoisotopic (exact) mass is 439 g/mol. The second kappa shape index (κ2) is 7.46. The molecule has 27 heavy (non-hydrogen) atoms. The predicted octanol–water partition coefficient (Wildman–Crippen LogP) is 3.64. The van der Waals surface area contributed by atoms with E-state index in [2.05, 4.69) is 26.0 Å². The number of fused-ring (bicyclic) bond motifs is 1. The van der Waals surface area contributed by atoms with Crippen molar-refractivity contribution in [3.63, 3.8) is 0 Å². The average Bonchev–Trinajstić information content (AvgIpc) is 3.21. The minimum Gasteiger partial charge on any atom is -0.497 e. The third-order valence-electron chi connectivity index (χ3n) is 3.93. The largest absolute Gasteiger partial charge is 0.497 e. The Morgan fingerprint density at radius 3 is 2.59 bits per heavy atom. The fraction of sp³-hybridized carbons (Fsp3) is 0.0500. The van der Waals surface area contributed by atoms with Crippen molar-refractivity contribution in [2.75, 3.05) is 7.11 Å². The molecular formula is C20H14BrN3O2S. The van der Waals surface area contributed by atoms with Gasteiger partial charge in [0.2, 0.25) is 4.96 Å². The first-order valence-corrected chi connectivity index (χ1v) is 9.73. The maximum atomic E-state index is 12.6. The number of hydrogen-bond acceptors (Lipinski definition) is 5. The Bertz CT molecular complexity index is 1240. The van der Waals surface area contributed by atoms with Crippen LogP contribution in [0.15, 0.2) is 57.8 Å². The van der Waals surface area contributed by atoms with E-state index in [1.165, 1.54) is 15.9 Å². The molecule has 0 bridgehead atoms. The predicted molar refractivity (Wildman–Crippen MR) is 112 cm³/mol. The molecule has 0 saturated heterocycles. The summed E-state index contributed by atoms with van der Waals surface area (Å²) in [6, 6.07) is 15.4. The lowest BCUT2D eigenvalue weighted by atomic mass is 10.2. The van der Waals surface area contributed by atoms with E-state index in [0.717, 1.165) is 21.3 Å². The molecule has 5 nitrogen and oxygen atoms in total. The van der Waals surface area contributed by atoms with Gasteiger partial charge in [-0.25, -0.2) is 0 Å². The second-order valence-corrected chi connectivity index (χ2v) is 7.57. The van der Waals surface area contributed by atoms with Gasteiger partial charge in [-0.3, -0.25) is 4.79 Å². The molecule has 134 valence electrons. The Balaban J connectivity index is 1.65. The van der Waals surface area contributed by atoms with Crippen LogP contribution in [0.5, 0.6) is 5.75 Å². The Morgan fingerprint density at radius 1 is 1.11 bits per heavy atom. The fourth-order valence-electron chi connectivity index (χ4n) is 2.54. The highest BCUT2D eigenvalue weighted by Gasteiger charge is 2.09. The fourth-order valence-corrected chi connectivity index (χ4v) is 3.84. The van der Waals surface area contributed by atoms with Crippen LogP contribution < -0.4 is 14.8 Å². The second-order valence-electron chi connectivity index (χ2n) is 5.71. The van der Waals surface area contributed by atoms with E-state index in [1.807, 2.05) is 60.7 Å². The molecule has 2 aromatic heterocycles. The van der Waals surface area contributed by atoms with Crippen molar-refractivity contribution in [3.05, 3.63) is 84.8 Å². The summed E-state index contributed by atoms with van der Waals surface area (Å²) in [5.41, 5.74) is 1.78. The minimum atomic E-state index is -0.164. The van der Waals surface area contributed by atoms with E-state index in [9.17, 15) is 4.79 Å². The normalized spacial score (nSPS) is 12.3. The number of thiazole rings is 1. The molecule has 0 spiro atoms. The maximum Gasteiger partial charge on any atom is 0.291 e. The van der Waals surface area contributed by atoms with E-state index in [0.29, 0.717) is 15.3 Å². The number of hydrogen-bond donors (Lipinski definition) is 0. The van der Waals surface area contributed by atoms with Gasteiger partial charge in [-0.15, -0.1) is 5.10 Å². The summed E-state index contributed by atoms with van der Waals surface area (Å²) < 4.78 is 8.03. The molecule has 0 aliphatic rings. The van der Waals surface area contributed by atoms with Gasteiger partial charge in [0.1, 0.15) is 5.75 Å².